The molecule has 4 rings (SSSR count). The van der Waals surface area contributed by atoms with Crippen molar-refractivity contribution < 1.29 is 4.79 Å². The minimum Gasteiger partial charge on any atom is -0.370 e. The summed E-state index contributed by atoms with van der Waals surface area (Å²) in [4.78, 5) is 22.9. The maximum atomic E-state index is 11.7. The zero-order valence-corrected chi connectivity index (χ0v) is 14.9. The molecule has 2 N–H and O–H groups in total. The highest BCUT2D eigenvalue weighted by Gasteiger charge is 2.43. The van der Waals surface area contributed by atoms with Gasteiger partial charge in [0.2, 0.25) is 5.91 Å². The average Bonchev–Trinajstić information content (AvgIpc) is 2.67. The predicted molar refractivity (Wildman–Crippen MR) is 103 cm³/mol. The molecule has 1 aromatic carbocycles. The van der Waals surface area contributed by atoms with Gasteiger partial charge in [0.05, 0.1) is 17.8 Å². The number of amides is 1. The number of amidine groups is 1. The van der Waals surface area contributed by atoms with Crippen LogP contribution in [0.3, 0.4) is 0 Å². The van der Waals surface area contributed by atoms with Crippen molar-refractivity contribution in [1.29, 1.82) is 0 Å². The molecular formula is C20H23N5O. The molecule has 1 aromatic heterocycles. The van der Waals surface area contributed by atoms with E-state index in [0.29, 0.717) is 6.54 Å². The highest BCUT2D eigenvalue weighted by atomic mass is 16.2. The molecule has 26 heavy (non-hydrogen) atoms. The van der Waals surface area contributed by atoms with Gasteiger partial charge in [-0.3, -0.25) is 9.79 Å². The van der Waals surface area contributed by atoms with Gasteiger partial charge in [-0.2, -0.15) is 0 Å². The first kappa shape index (κ1) is 16.6. The van der Waals surface area contributed by atoms with E-state index in [-0.39, 0.29) is 11.4 Å². The van der Waals surface area contributed by atoms with Crippen molar-refractivity contribution in [2.24, 2.45) is 4.99 Å². The van der Waals surface area contributed by atoms with Crippen LogP contribution in [0.2, 0.25) is 0 Å². The molecule has 6 heteroatoms. The largest absolute Gasteiger partial charge is 0.370 e. The van der Waals surface area contributed by atoms with E-state index in [1.165, 1.54) is 5.56 Å². The SMILES string of the molecule is CC(=O)N1CCC2(CC1)Nc1cccnc1NC2=NCc1ccccc1. The molecule has 3 heterocycles. The van der Waals surface area contributed by atoms with E-state index >= 15 is 0 Å². The Morgan fingerprint density at radius 3 is 2.69 bits per heavy atom. The molecule has 1 saturated heterocycles. The van der Waals surface area contributed by atoms with Gasteiger partial charge in [0, 0.05) is 26.2 Å². The van der Waals surface area contributed by atoms with Gasteiger partial charge < -0.3 is 15.5 Å². The second-order valence-electron chi connectivity index (χ2n) is 6.89. The molecule has 0 aliphatic carbocycles. The number of anilines is 2. The fourth-order valence-electron chi connectivity index (χ4n) is 3.66. The number of hydrogen-bond acceptors (Lipinski definition) is 4. The lowest BCUT2D eigenvalue weighted by Gasteiger charge is -2.46. The van der Waals surface area contributed by atoms with E-state index in [0.717, 1.165) is 43.3 Å². The van der Waals surface area contributed by atoms with E-state index in [2.05, 4.69) is 27.8 Å². The van der Waals surface area contributed by atoms with Gasteiger partial charge in [-0.25, -0.2) is 4.98 Å². The topological polar surface area (TPSA) is 69.6 Å². The summed E-state index contributed by atoms with van der Waals surface area (Å²) in [6.07, 6.45) is 3.42. The van der Waals surface area contributed by atoms with E-state index in [4.69, 9.17) is 4.99 Å². The second kappa shape index (κ2) is 6.78. The highest BCUT2D eigenvalue weighted by Crippen LogP contribution is 2.36. The number of nitrogens with one attached hydrogen (secondary N) is 2. The van der Waals surface area contributed by atoms with Gasteiger partial charge in [-0.05, 0) is 30.5 Å². The predicted octanol–water partition coefficient (Wildman–Crippen LogP) is 2.90. The molecule has 0 atom stereocenters. The summed E-state index contributed by atoms with van der Waals surface area (Å²) in [5, 5.41) is 7.11. The minimum atomic E-state index is -0.281. The van der Waals surface area contributed by atoms with Crippen LogP contribution in [-0.2, 0) is 11.3 Å². The molecule has 2 aromatic rings. The number of piperidine rings is 1. The number of benzene rings is 1. The molecular weight excluding hydrogens is 326 g/mol. The molecule has 1 spiro atoms. The smallest absolute Gasteiger partial charge is 0.219 e. The van der Waals surface area contributed by atoms with Crippen molar-refractivity contribution in [3.8, 4) is 0 Å². The molecule has 0 saturated carbocycles. The van der Waals surface area contributed by atoms with Crippen molar-refractivity contribution in [2.75, 3.05) is 23.7 Å². The van der Waals surface area contributed by atoms with E-state index in [9.17, 15) is 4.79 Å². The number of carbonyl (C=O) groups excluding carboxylic acids is 1. The Balaban J connectivity index is 1.64. The standard InChI is InChI=1S/C20H23N5O/c1-15(26)25-12-9-20(10-13-25)19(22-14-16-6-3-2-4-7-16)23-18-17(24-20)8-5-11-21-18/h2-8,11,24H,9-10,12-14H2,1H3,(H,21,22,23). The third-order valence-electron chi connectivity index (χ3n) is 5.20. The van der Waals surface area contributed by atoms with Crippen molar-refractivity contribution in [3.63, 3.8) is 0 Å². The summed E-state index contributed by atoms with van der Waals surface area (Å²) in [5.41, 5.74) is 1.88. The zero-order chi connectivity index (χ0) is 18.0. The average molecular weight is 349 g/mol. The van der Waals surface area contributed by atoms with Gasteiger partial charge >= 0.3 is 0 Å². The molecule has 0 radical (unpaired) electrons. The van der Waals surface area contributed by atoms with E-state index in [1.54, 1.807) is 13.1 Å². The van der Waals surface area contributed by atoms with Crippen LogP contribution in [0.4, 0.5) is 11.5 Å². The number of aliphatic imine (C=N–C) groups is 1. The van der Waals surface area contributed by atoms with Gasteiger partial charge in [0.25, 0.3) is 0 Å². The maximum absolute atomic E-state index is 11.7. The van der Waals surface area contributed by atoms with Gasteiger partial charge in [-0.1, -0.05) is 30.3 Å². The third kappa shape index (κ3) is 3.14. The quantitative estimate of drug-likeness (QED) is 0.875. The Bertz CT molecular complexity index is 825. The molecule has 0 bridgehead atoms. The van der Waals surface area contributed by atoms with Gasteiger partial charge in [0.1, 0.15) is 5.84 Å². The first-order valence-electron chi connectivity index (χ1n) is 9.01. The summed E-state index contributed by atoms with van der Waals surface area (Å²) >= 11 is 0. The number of rotatable bonds is 2. The fraction of sp³-hybridized carbons (Fsp3) is 0.350. The molecule has 2 aliphatic heterocycles. The lowest BCUT2D eigenvalue weighted by molar-refractivity contribution is -0.129. The van der Waals surface area contributed by atoms with Crippen molar-refractivity contribution >= 4 is 23.2 Å². The summed E-state index contributed by atoms with van der Waals surface area (Å²) < 4.78 is 0. The number of hydrogen-bond donors (Lipinski definition) is 2. The number of carbonyl (C=O) groups is 1. The van der Waals surface area contributed by atoms with Crippen molar-refractivity contribution in [1.82, 2.24) is 9.88 Å². The van der Waals surface area contributed by atoms with Crippen LogP contribution in [0.1, 0.15) is 25.3 Å². The molecule has 134 valence electrons. The maximum Gasteiger partial charge on any atom is 0.219 e. The Morgan fingerprint density at radius 2 is 1.96 bits per heavy atom. The summed E-state index contributed by atoms with van der Waals surface area (Å²) in [7, 11) is 0. The van der Waals surface area contributed by atoms with Crippen LogP contribution in [0.25, 0.3) is 0 Å². The van der Waals surface area contributed by atoms with Gasteiger partial charge in [0.15, 0.2) is 5.82 Å². The fourth-order valence-corrected chi connectivity index (χ4v) is 3.66. The first-order chi connectivity index (χ1) is 12.7. The summed E-state index contributed by atoms with van der Waals surface area (Å²) in [6, 6.07) is 14.2. The molecule has 0 unspecified atom stereocenters. The third-order valence-corrected chi connectivity index (χ3v) is 5.20. The Hall–Kier alpha value is -2.89. The zero-order valence-electron chi connectivity index (χ0n) is 14.9. The molecule has 1 fully saturated rings. The Morgan fingerprint density at radius 1 is 1.19 bits per heavy atom. The van der Waals surface area contributed by atoms with E-state index in [1.807, 2.05) is 35.2 Å². The second-order valence-corrected chi connectivity index (χ2v) is 6.89. The van der Waals surface area contributed by atoms with Crippen LogP contribution >= 0.6 is 0 Å². The summed E-state index contributed by atoms with van der Waals surface area (Å²) in [6.45, 7) is 3.70. The lowest BCUT2D eigenvalue weighted by atomic mass is 9.84. The summed E-state index contributed by atoms with van der Waals surface area (Å²) in [5.74, 6) is 1.85. The number of nitrogens with zero attached hydrogens (tertiary/aromatic N) is 3. The van der Waals surface area contributed by atoms with Crippen LogP contribution < -0.4 is 10.6 Å². The van der Waals surface area contributed by atoms with E-state index < -0.39 is 0 Å². The van der Waals surface area contributed by atoms with Crippen molar-refractivity contribution in [3.05, 3.63) is 54.2 Å². The lowest BCUT2D eigenvalue weighted by Crippen LogP contribution is -2.59. The van der Waals surface area contributed by atoms with Crippen LogP contribution in [-0.4, -0.2) is 40.3 Å². The van der Waals surface area contributed by atoms with Crippen LogP contribution in [0, 0.1) is 0 Å². The number of fused-ring (bicyclic) bond motifs is 1. The number of pyridine rings is 1. The Labute approximate surface area is 153 Å². The molecule has 2 aliphatic rings. The molecule has 6 nitrogen and oxygen atoms in total. The van der Waals surface area contributed by atoms with Crippen LogP contribution in [0.5, 0.6) is 0 Å². The minimum absolute atomic E-state index is 0.133. The monoisotopic (exact) mass is 349 g/mol. The highest BCUT2D eigenvalue weighted by molar-refractivity contribution is 6.08. The van der Waals surface area contributed by atoms with Crippen LogP contribution in [0.15, 0.2) is 53.7 Å². The van der Waals surface area contributed by atoms with Crippen molar-refractivity contribution in [2.45, 2.75) is 31.8 Å². The number of likely N-dealkylation sites (tertiary alicyclic amines) is 1. The molecule has 1 amide bonds. The Kier molecular flexibility index (Phi) is 4.32. The first-order valence-corrected chi connectivity index (χ1v) is 9.01. The van der Waals surface area contributed by atoms with Gasteiger partial charge in [-0.15, -0.1) is 0 Å². The number of aromatic nitrogens is 1. The normalized spacial score (nSPS) is 19.6.